The van der Waals surface area contributed by atoms with Crippen LogP contribution in [0.4, 0.5) is 37.7 Å². The molecule has 1 fully saturated rings. The van der Waals surface area contributed by atoms with Gasteiger partial charge in [-0.15, -0.1) is 0 Å². The Labute approximate surface area is 234 Å². The molecule has 2 aromatic carbocycles. The maximum absolute atomic E-state index is 14.3. The molecule has 0 radical (unpaired) electrons. The van der Waals surface area contributed by atoms with Gasteiger partial charge < -0.3 is 14.4 Å². The monoisotopic (exact) mass is 608 g/mol. The van der Waals surface area contributed by atoms with E-state index in [2.05, 4.69) is 0 Å². The van der Waals surface area contributed by atoms with Crippen LogP contribution in [-0.4, -0.2) is 57.5 Å². The first-order valence-corrected chi connectivity index (χ1v) is 14.4. The highest BCUT2D eigenvalue weighted by molar-refractivity contribution is 7.89. The molecule has 0 N–H and O–H groups in total. The van der Waals surface area contributed by atoms with Crippen molar-refractivity contribution in [1.29, 1.82) is 0 Å². The van der Waals surface area contributed by atoms with Crippen molar-refractivity contribution in [1.82, 2.24) is 4.31 Å². The molecule has 41 heavy (non-hydrogen) atoms. The molecule has 226 valence electrons. The van der Waals surface area contributed by atoms with Crippen LogP contribution in [-0.2, 0) is 25.7 Å². The largest absolute Gasteiger partial charge is 0.492 e. The van der Waals surface area contributed by atoms with E-state index >= 15 is 0 Å². The molecule has 1 aliphatic heterocycles. The van der Waals surface area contributed by atoms with E-state index in [4.69, 9.17) is 9.47 Å². The summed E-state index contributed by atoms with van der Waals surface area (Å²) in [6.45, 7) is 1.61. The van der Waals surface area contributed by atoms with E-state index in [9.17, 15) is 39.6 Å². The Morgan fingerprint density at radius 1 is 1.10 bits per heavy atom. The van der Waals surface area contributed by atoms with E-state index in [-0.39, 0.29) is 30.9 Å². The molecule has 2 aliphatic rings. The summed E-state index contributed by atoms with van der Waals surface area (Å²) in [5, 5.41) is 0. The number of rotatable bonds is 9. The molecule has 0 amide bonds. The summed E-state index contributed by atoms with van der Waals surface area (Å²) in [6, 6.07) is 4.94. The molecule has 0 unspecified atom stereocenters. The summed E-state index contributed by atoms with van der Waals surface area (Å²) < 4.78 is 123. The van der Waals surface area contributed by atoms with Crippen molar-refractivity contribution in [3.8, 4) is 5.75 Å². The van der Waals surface area contributed by atoms with Crippen LogP contribution >= 0.6 is 0 Å². The summed E-state index contributed by atoms with van der Waals surface area (Å²) in [4.78, 5) is 13.0. The third kappa shape index (κ3) is 6.58. The van der Waals surface area contributed by atoms with Gasteiger partial charge in [0, 0.05) is 37.8 Å². The molecule has 1 atom stereocenters. The van der Waals surface area contributed by atoms with Crippen molar-refractivity contribution in [2.45, 2.75) is 62.6 Å². The second-order valence-corrected chi connectivity index (χ2v) is 12.4. The number of likely N-dealkylation sites (N-methyl/N-ethyl adjacent to an activating group) is 1. The van der Waals surface area contributed by atoms with Gasteiger partial charge in [-0.25, -0.2) is 21.6 Å². The molecule has 7 nitrogen and oxygen atoms in total. The van der Waals surface area contributed by atoms with E-state index < -0.39 is 74.6 Å². The highest BCUT2D eigenvalue weighted by Crippen LogP contribution is 2.50. The van der Waals surface area contributed by atoms with Crippen LogP contribution in [0.5, 0.6) is 5.75 Å². The number of alkyl halides is 5. The van der Waals surface area contributed by atoms with Gasteiger partial charge in [-0.2, -0.15) is 17.5 Å². The van der Waals surface area contributed by atoms with Crippen molar-refractivity contribution in [2.75, 3.05) is 31.7 Å². The smallest absolute Gasteiger partial charge is 0.420 e. The summed E-state index contributed by atoms with van der Waals surface area (Å²) >= 11 is 0. The number of hydrogen-bond acceptors (Lipinski definition) is 6. The third-order valence-electron chi connectivity index (χ3n) is 7.34. The topological polar surface area (TPSA) is 76.2 Å². The van der Waals surface area contributed by atoms with Gasteiger partial charge in [0.2, 0.25) is 15.9 Å². The van der Waals surface area contributed by atoms with Crippen molar-refractivity contribution in [2.24, 2.45) is 5.41 Å². The molecule has 1 saturated carbocycles. The Balaban J connectivity index is 1.85. The predicted octanol–water partition coefficient (Wildman–Crippen LogP) is 6.14. The van der Waals surface area contributed by atoms with Crippen LogP contribution in [0.3, 0.4) is 0 Å². The average Bonchev–Trinajstić information content (AvgIpc) is 3.68. The van der Waals surface area contributed by atoms with Gasteiger partial charge in [0.05, 0.1) is 17.9 Å². The minimum Gasteiger partial charge on any atom is -0.492 e. The first-order valence-electron chi connectivity index (χ1n) is 12.9. The molecule has 0 saturated heterocycles. The molecule has 2 aromatic rings. The number of anilines is 2. The number of esters is 1. The van der Waals surface area contributed by atoms with Crippen molar-refractivity contribution >= 4 is 27.4 Å². The van der Waals surface area contributed by atoms with Crippen molar-refractivity contribution < 1.29 is 49.0 Å². The molecule has 1 heterocycles. The second-order valence-electron chi connectivity index (χ2n) is 10.5. The fourth-order valence-corrected chi connectivity index (χ4v) is 6.26. The highest BCUT2D eigenvalue weighted by Gasteiger charge is 2.53. The maximum Gasteiger partial charge on any atom is 0.420 e. The Morgan fingerprint density at radius 3 is 2.27 bits per heavy atom. The second kappa shape index (κ2) is 11.0. The molecule has 14 heteroatoms. The zero-order valence-corrected chi connectivity index (χ0v) is 23.4. The zero-order chi connectivity index (χ0) is 30.4. The minimum absolute atomic E-state index is 0.0716. The van der Waals surface area contributed by atoms with E-state index in [1.54, 1.807) is 6.92 Å². The van der Waals surface area contributed by atoms with Gasteiger partial charge in [0.25, 0.3) is 0 Å². The normalized spacial score (nSPS) is 20.2. The van der Waals surface area contributed by atoms with Gasteiger partial charge >= 0.3 is 12.1 Å². The molecule has 1 aliphatic carbocycles. The van der Waals surface area contributed by atoms with E-state index in [0.29, 0.717) is 25.8 Å². The Kier molecular flexibility index (Phi) is 8.31. The molecule has 0 aromatic heterocycles. The Morgan fingerprint density at radius 2 is 1.73 bits per heavy atom. The lowest BCUT2D eigenvalue weighted by Gasteiger charge is -2.30. The lowest BCUT2D eigenvalue weighted by atomic mass is 10.1. The van der Waals surface area contributed by atoms with Crippen LogP contribution in [0.2, 0.25) is 0 Å². The SMILES string of the molecule is CCOC(=O)C1(COc2cc3c(cc2C(F)(F)F)N(c2ccc(F)cc2)C[C@@H](CCC(C)(F)F)N(C)S3(=O)=O)CC1. The maximum atomic E-state index is 14.3. The first-order chi connectivity index (χ1) is 19.0. The zero-order valence-electron chi connectivity index (χ0n) is 22.6. The van der Waals surface area contributed by atoms with E-state index in [0.717, 1.165) is 22.5 Å². The number of benzene rings is 2. The quantitative estimate of drug-likeness (QED) is 0.252. The van der Waals surface area contributed by atoms with Crippen molar-refractivity contribution in [3.63, 3.8) is 0 Å². The van der Waals surface area contributed by atoms with Crippen molar-refractivity contribution in [3.05, 3.63) is 47.8 Å². The minimum atomic E-state index is -4.99. The molecular formula is C27H30F6N2O5S. The number of halogens is 6. The number of ether oxygens (including phenoxy) is 2. The Hall–Kier alpha value is -3.00. The fraction of sp³-hybridized carbons (Fsp3) is 0.519. The lowest BCUT2D eigenvalue weighted by Crippen LogP contribution is -2.41. The Bertz CT molecular complexity index is 1390. The number of nitrogens with zero attached hydrogens (tertiary/aromatic N) is 2. The molecule has 4 rings (SSSR count). The summed E-state index contributed by atoms with van der Waals surface area (Å²) in [5.74, 6) is -5.17. The summed E-state index contributed by atoms with van der Waals surface area (Å²) in [6.07, 6.45) is -5.31. The summed E-state index contributed by atoms with van der Waals surface area (Å²) in [7, 11) is -3.37. The lowest BCUT2D eigenvalue weighted by molar-refractivity contribution is -0.151. The average molecular weight is 609 g/mol. The predicted molar refractivity (Wildman–Crippen MR) is 137 cm³/mol. The molecule has 0 spiro atoms. The van der Waals surface area contributed by atoms with Crippen LogP contribution in [0, 0.1) is 11.2 Å². The molecular weight excluding hydrogens is 578 g/mol. The fourth-order valence-electron chi connectivity index (χ4n) is 4.70. The van der Waals surface area contributed by atoms with Gasteiger partial charge in [-0.3, -0.25) is 4.79 Å². The molecule has 0 bridgehead atoms. The highest BCUT2D eigenvalue weighted by atomic mass is 32.2. The van der Waals surface area contributed by atoms with Crippen LogP contribution in [0.1, 0.15) is 45.1 Å². The third-order valence-corrected chi connectivity index (χ3v) is 9.28. The van der Waals surface area contributed by atoms with Crippen LogP contribution < -0.4 is 9.64 Å². The van der Waals surface area contributed by atoms with E-state index in [1.165, 1.54) is 24.1 Å². The first kappa shape index (κ1) is 30.9. The van der Waals surface area contributed by atoms with Gasteiger partial charge in [-0.05, 0) is 63.4 Å². The van der Waals surface area contributed by atoms with Gasteiger partial charge in [0.15, 0.2) is 0 Å². The van der Waals surface area contributed by atoms with E-state index in [1.807, 2.05) is 0 Å². The standard InChI is InChI=1S/C27H30F6N2O5S/c1-4-39-24(36)26(11-12-26)16-40-22-14-23-21(13-20(22)27(31,32)33)35(18-7-5-17(28)6-8-18)15-19(9-10-25(2,29)30)34(3)41(23,37)38/h5-8,13-14,19H,4,9-12,15-16H2,1-3H3/t19-/m1/s1. The number of sulfonamides is 1. The number of hydrogen-bond donors (Lipinski definition) is 0. The number of carbonyl (C=O) groups is 1. The van der Waals surface area contributed by atoms with Gasteiger partial charge in [0.1, 0.15) is 28.5 Å². The summed E-state index contributed by atoms with van der Waals surface area (Å²) in [5.41, 5.74) is -2.63. The van der Waals surface area contributed by atoms with Crippen LogP contribution in [0.25, 0.3) is 0 Å². The van der Waals surface area contributed by atoms with Gasteiger partial charge in [-0.1, -0.05) is 0 Å². The number of fused-ring (bicyclic) bond motifs is 1. The van der Waals surface area contributed by atoms with Crippen LogP contribution in [0.15, 0.2) is 41.3 Å². The number of carbonyl (C=O) groups excluding carboxylic acids is 1.